The van der Waals surface area contributed by atoms with Crippen LogP contribution >= 0.6 is 11.6 Å². The largest absolute Gasteiger partial charge is 0.310 e. The molecule has 1 rings (SSSR count). The molecule has 0 saturated carbocycles. The third kappa shape index (κ3) is 4.42. The van der Waals surface area contributed by atoms with E-state index >= 15 is 0 Å². The second kappa shape index (κ2) is 7.37. The van der Waals surface area contributed by atoms with Crippen LogP contribution in [0.3, 0.4) is 0 Å². The quantitative estimate of drug-likeness (QED) is 0.775. The van der Waals surface area contributed by atoms with Crippen LogP contribution in [0.1, 0.15) is 43.9 Å². The monoisotopic (exact) mass is 249 g/mol. The van der Waals surface area contributed by atoms with E-state index in [4.69, 9.17) is 11.6 Å². The van der Waals surface area contributed by atoms with Crippen molar-refractivity contribution in [1.82, 2.24) is 5.32 Å². The van der Waals surface area contributed by atoms with Crippen LogP contribution in [0.2, 0.25) is 5.02 Å². The zero-order valence-electron chi connectivity index (χ0n) is 10.8. The van der Waals surface area contributed by atoms with E-state index in [0.717, 1.165) is 30.0 Å². The second-order valence-corrected chi connectivity index (χ2v) is 4.49. The van der Waals surface area contributed by atoms with Crippen molar-refractivity contribution in [2.75, 3.05) is 6.54 Å². The first-order chi connectivity index (χ1) is 8.19. The first-order valence-electron chi connectivity index (χ1n) is 6.08. The molecule has 0 aliphatic heterocycles. The predicted octanol–water partition coefficient (Wildman–Crippen LogP) is 4.10. The Hall–Kier alpha value is -0.970. The molecule has 0 saturated heterocycles. The number of hydrogen-bond donors (Lipinski definition) is 1. The first-order valence-corrected chi connectivity index (χ1v) is 6.45. The van der Waals surface area contributed by atoms with Gasteiger partial charge in [0.2, 0.25) is 0 Å². The maximum atomic E-state index is 6.05. The molecule has 1 atom stereocenters. The number of halogens is 1. The summed E-state index contributed by atoms with van der Waals surface area (Å²) in [4.78, 5) is 0. The number of aryl methyl sites for hydroxylation is 1. The molecule has 0 heterocycles. The molecule has 0 amide bonds. The lowest BCUT2D eigenvalue weighted by molar-refractivity contribution is 0.522. The lowest BCUT2D eigenvalue weighted by Gasteiger charge is -2.18. The van der Waals surface area contributed by atoms with E-state index < -0.39 is 0 Å². The SMILES string of the molecule is CC#CCCC(NCC)c1ccc(Cl)c(C)c1. The smallest absolute Gasteiger partial charge is 0.0435 e. The molecule has 0 fully saturated rings. The van der Waals surface area contributed by atoms with E-state index in [1.54, 1.807) is 0 Å². The van der Waals surface area contributed by atoms with Gasteiger partial charge in [-0.15, -0.1) is 11.8 Å². The van der Waals surface area contributed by atoms with E-state index in [2.05, 4.69) is 36.2 Å². The van der Waals surface area contributed by atoms with Gasteiger partial charge in [-0.2, -0.15) is 0 Å². The molecule has 1 aromatic carbocycles. The van der Waals surface area contributed by atoms with Crippen LogP contribution in [-0.4, -0.2) is 6.54 Å². The molecule has 1 N–H and O–H groups in total. The first kappa shape index (κ1) is 14.1. The third-order valence-corrected chi connectivity index (χ3v) is 3.19. The molecular weight excluding hydrogens is 230 g/mol. The van der Waals surface area contributed by atoms with Gasteiger partial charge in [-0.1, -0.05) is 30.7 Å². The molecule has 1 unspecified atom stereocenters. The Kier molecular flexibility index (Phi) is 6.11. The Bertz CT molecular complexity index is 415. The summed E-state index contributed by atoms with van der Waals surface area (Å²) in [6.07, 6.45) is 1.96. The highest BCUT2D eigenvalue weighted by Gasteiger charge is 2.10. The standard InChI is InChI=1S/C15H20ClN/c1-4-6-7-8-15(17-5-2)13-9-10-14(16)12(3)11-13/h9-11,15,17H,5,7-8H2,1-3H3. The van der Waals surface area contributed by atoms with Gasteiger partial charge in [0.05, 0.1) is 0 Å². The Balaban J connectivity index is 2.79. The van der Waals surface area contributed by atoms with E-state index in [1.165, 1.54) is 5.56 Å². The van der Waals surface area contributed by atoms with E-state index in [9.17, 15) is 0 Å². The molecule has 0 spiro atoms. The Morgan fingerprint density at radius 3 is 2.76 bits per heavy atom. The molecule has 0 bridgehead atoms. The van der Waals surface area contributed by atoms with Gasteiger partial charge in [0, 0.05) is 17.5 Å². The Morgan fingerprint density at radius 2 is 2.18 bits per heavy atom. The molecule has 0 radical (unpaired) electrons. The molecular formula is C15H20ClN. The topological polar surface area (TPSA) is 12.0 Å². The highest BCUT2D eigenvalue weighted by atomic mass is 35.5. The van der Waals surface area contributed by atoms with Crippen LogP contribution < -0.4 is 5.32 Å². The van der Waals surface area contributed by atoms with Crippen LogP contribution in [0.15, 0.2) is 18.2 Å². The Labute approximate surface area is 110 Å². The molecule has 2 heteroatoms. The van der Waals surface area contributed by atoms with Crippen molar-refractivity contribution in [2.45, 2.75) is 39.7 Å². The Morgan fingerprint density at radius 1 is 1.41 bits per heavy atom. The van der Waals surface area contributed by atoms with Crippen LogP contribution in [0.5, 0.6) is 0 Å². The van der Waals surface area contributed by atoms with Gasteiger partial charge >= 0.3 is 0 Å². The summed E-state index contributed by atoms with van der Waals surface area (Å²) in [6.45, 7) is 7.02. The number of benzene rings is 1. The van der Waals surface area contributed by atoms with Crippen molar-refractivity contribution in [3.05, 3.63) is 34.3 Å². The van der Waals surface area contributed by atoms with Gasteiger partial charge in [0.1, 0.15) is 0 Å². The number of nitrogens with one attached hydrogen (secondary N) is 1. The summed E-state index contributed by atoms with van der Waals surface area (Å²) in [5.41, 5.74) is 2.43. The van der Waals surface area contributed by atoms with Gasteiger partial charge in [-0.3, -0.25) is 0 Å². The zero-order valence-corrected chi connectivity index (χ0v) is 11.6. The molecule has 0 aliphatic carbocycles. The van der Waals surface area contributed by atoms with Crippen LogP contribution in [0.4, 0.5) is 0 Å². The summed E-state index contributed by atoms with van der Waals surface area (Å²) in [5, 5.41) is 4.32. The maximum absolute atomic E-state index is 6.05. The molecule has 0 aromatic heterocycles. The fourth-order valence-corrected chi connectivity index (χ4v) is 1.98. The minimum Gasteiger partial charge on any atom is -0.310 e. The van der Waals surface area contributed by atoms with Crippen LogP contribution in [0.25, 0.3) is 0 Å². The third-order valence-electron chi connectivity index (χ3n) is 2.77. The van der Waals surface area contributed by atoms with Crippen molar-refractivity contribution in [2.24, 2.45) is 0 Å². The van der Waals surface area contributed by atoms with Crippen LogP contribution in [-0.2, 0) is 0 Å². The molecule has 92 valence electrons. The highest BCUT2D eigenvalue weighted by molar-refractivity contribution is 6.31. The van der Waals surface area contributed by atoms with Crippen molar-refractivity contribution in [3.8, 4) is 11.8 Å². The summed E-state index contributed by atoms with van der Waals surface area (Å²) < 4.78 is 0. The predicted molar refractivity (Wildman–Crippen MR) is 75.3 cm³/mol. The average Bonchev–Trinajstić information content (AvgIpc) is 2.32. The fourth-order valence-electron chi connectivity index (χ4n) is 1.86. The fraction of sp³-hybridized carbons (Fsp3) is 0.467. The van der Waals surface area contributed by atoms with E-state index in [0.29, 0.717) is 6.04 Å². The van der Waals surface area contributed by atoms with Gasteiger partial charge in [0.15, 0.2) is 0 Å². The number of hydrogen-bond acceptors (Lipinski definition) is 1. The summed E-state index contributed by atoms with van der Waals surface area (Å²) in [6, 6.07) is 6.61. The van der Waals surface area contributed by atoms with E-state index in [1.807, 2.05) is 19.9 Å². The maximum Gasteiger partial charge on any atom is 0.0435 e. The minimum absolute atomic E-state index is 0.372. The minimum atomic E-state index is 0.372. The number of rotatable bonds is 5. The van der Waals surface area contributed by atoms with Crippen molar-refractivity contribution < 1.29 is 0 Å². The molecule has 0 aliphatic rings. The zero-order chi connectivity index (χ0) is 12.7. The average molecular weight is 250 g/mol. The van der Waals surface area contributed by atoms with Crippen molar-refractivity contribution >= 4 is 11.6 Å². The molecule has 1 nitrogen and oxygen atoms in total. The normalized spacial score (nSPS) is 11.8. The van der Waals surface area contributed by atoms with Crippen LogP contribution in [0, 0.1) is 18.8 Å². The summed E-state index contributed by atoms with van der Waals surface area (Å²) in [7, 11) is 0. The molecule has 1 aromatic rings. The lowest BCUT2D eigenvalue weighted by atomic mass is 10.00. The van der Waals surface area contributed by atoms with Gasteiger partial charge in [-0.25, -0.2) is 0 Å². The molecule has 17 heavy (non-hydrogen) atoms. The second-order valence-electron chi connectivity index (χ2n) is 4.08. The van der Waals surface area contributed by atoms with E-state index in [-0.39, 0.29) is 0 Å². The summed E-state index contributed by atoms with van der Waals surface area (Å²) in [5.74, 6) is 6.06. The van der Waals surface area contributed by atoms with Gasteiger partial charge < -0.3 is 5.32 Å². The van der Waals surface area contributed by atoms with Gasteiger partial charge in [0.25, 0.3) is 0 Å². The van der Waals surface area contributed by atoms with Crippen molar-refractivity contribution in [3.63, 3.8) is 0 Å². The summed E-state index contributed by atoms with van der Waals surface area (Å²) >= 11 is 6.05. The van der Waals surface area contributed by atoms with Crippen molar-refractivity contribution in [1.29, 1.82) is 0 Å². The highest BCUT2D eigenvalue weighted by Crippen LogP contribution is 2.23. The van der Waals surface area contributed by atoms with Gasteiger partial charge in [-0.05, 0) is 44.0 Å². The lowest BCUT2D eigenvalue weighted by Crippen LogP contribution is -2.20.